The van der Waals surface area contributed by atoms with Gasteiger partial charge in [-0.25, -0.2) is 0 Å². The molecule has 1 N–H and O–H groups in total. The van der Waals surface area contributed by atoms with Crippen molar-refractivity contribution < 1.29 is 9.21 Å². The lowest BCUT2D eigenvalue weighted by atomic mass is 10.1. The van der Waals surface area contributed by atoms with Gasteiger partial charge in [-0.2, -0.15) is 5.10 Å². The third kappa shape index (κ3) is 3.28. The average molecular weight is 424 g/mol. The van der Waals surface area contributed by atoms with Crippen LogP contribution in [0.3, 0.4) is 0 Å². The minimum atomic E-state index is -0.301. The van der Waals surface area contributed by atoms with Crippen LogP contribution >= 0.6 is 15.9 Å². The molecule has 4 rings (SSSR count). The number of rotatable bonds is 3. The minimum absolute atomic E-state index is 0.274. The highest BCUT2D eigenvalue weighted by molar-refractivity contribution is 9.10. The van der Waals surface area contributed by atoms with Crippen LogP contribution in [0.5, 0.6) is 0 Å². The Labute approximate surface area is 165 Å². The molecular weight excluding hydrogens is 406 g/mol. The lowest BCUT2D eigenvalue weighted by Gasteiger charge is -2.08. The summed E-state index contributed by atoms with van der Waals surface area (Å²) in [6.45, 7) is 3.94. The number of amides is 1. The molecule has 0 unspecified atom stereocenters. The van der Waals surface area contributed by atoms with E-state index in [1.54, 1.807) is 10.7 Å². The standard InChI is InChI=1S/C21H18BrN3O2/c1-12-4-9-17-15(10-12)11-18(27-17)21(26)23-20-19(13(2)24-25(20)3)14-5-7-16(22)8-6-14/h4-11H,1-3H3,(H,23,26). The van der Waals surface area contributed by atoms with Crippen LogP contribution in [-0.4, -0.2) is 15.7 Å². The van der Waals surface area contributed by atoms with Gasteiger partial charge in [0.1, 0.15) is 11.4 Å². The molecule has 2 aromatic heterocycles. The normalized spacial score (nSPS) is 11.1. The second-order valence-electron chi connectivity index (χ2n) is 6.55. The summed E-state index contributed by atoms with van der Waals surface area (Å²) in [5.41, 5.74) is 4.54. The number of aromatic nitrogens is 2. The number of nitrogens with one attached hydrogen (secondary N) is 1. The van der Waals surface area contributed by atoms with Gasteiger partial charge in [-0.3, -0.25) is 9.48 Å². The van der Waals surface area contributed by atoms with Crippen molar-refractivity contribution in [3.63, 3.8) is 0 Å². The Morgan fingerprint density at radius 1 is 1.11 bits per heavy atom. The molecule has 0 aliphatic carbocycles. The van der Waals surface area contributed by atoms with Crippen molar-refractivity contribution >= 4 is 38.6 Å². The number of carbonyl (C=O) groups excluding carboxylic acids is 1. The zero-order valence-corrected chi connectivity index (χ0v) is 16.8. The Kier molecular flexibility index (Phi) is 4.36. The van der Waals surface area contributed by atoms with Crippen LogP contribution in [0, 0.1) is 13.8 Å². The molecular formula is C21H18BrN3O2. The van der Waals surface area contributed by atoms with Gasteiger partial charge in [-0.15, -0.1) is 0 Å². The molecule has 0 atom stereocenters. The van der Waals surface area contributed by atoms with Gasteiger partial charge >= 0.3 is 0 Å². The second kappa shape index (κ2) is 6.70. The van der Waals surface area contributed by atoms with E-state index in [9.17, 15) is 4.79 Å². The van der Waals surface area contributed by atoms with Crippen molar-refractivity contribution in [1.29, 1.82) is 0 Å². The fraction of sp³-hybridized carbons (Fsp3) is 0.143. The fourth-order valence-electron chi connectivity index (χ4n) is 3.21. The topological polar surface area (TPSA) is 60.1 Å². The quantitative estimate of drug-likeness (QED) is 0.475. The van der Waals surface area contributed by atoms with Gasteiger partial charge in [-0.1, -0.05) is 39.7 Å². The van der Waals surface area contributed by atoms with Gasteiger partial charge < -0.3 is 9.73 Å². The van der Waals surface area contributed by atoms with E-state index in [0.717, 1.165) is 32.2 Å². The average Bonchev–Trinajstić information content (AvgIpc) is 3.16. The fourth-order valence-corrected chi connectivity index (χ4v) is 3.47. The molecule has 0 saturated heterocycles. The molecule has 4 aromatic rings. The van der Waals surface area contributed by atoms with Crippen LogP contribution in [0.4, 0.5) is 5.82 Å². The highest BCUT2D eigenvalue weighted by Crippen LogP contribution is 2.32. The van der Waals surface area contributed by atoms with Crippen LogP contribution < -0.4 is 5.32 Å². The van der Waals surface area contributed by atoms with Gasteiger partial charge in [0.15, 0.2) is 5.76 Å². The van der Waals surface area contributed by atoms with Crippen molar-refractivity contribution in [3.8, 4) is 11.1 Å². The number of furan rings is 1. The van der Waals surface area contributed by atoms with Gasteiger partial charge in [0, 0.05) is 22.5 Å². The first kappa shape index (κ1) is 17.5. The number of hydrogen-bond donors (Lipinski definition) is 1. The number of carbonyl (C=O) groups is 1. The summed E-state index contributed by atoms with van der Waals surface area (Å²) < 4.78 is 8.39. The van der Waals surface area contributed by atoms with Crippen molar-refractivity contribution in [3.05, 3.63) is 70.0 Å². The lowest BCUT2D eigenvalue weighted by molar-refractivity contribution is 0.0998. The number of benzene rings is 2. The number of fused-ring (bicyclic) bond motifs is 1. The molecule has 0 bridgehead atoms. The third-order valence-corrected chi connectivity index (χ3v) is 5.01. The zero-order chi connectivity index (χ0) is 19.1. The van der Waals surface area contributed by atoms with E-state index in [4.69, 9.17) is 4.42 Å². The molecule has 0 spiro atoms. The minimum Gasteiger partial charge on any atom is -0.451 e. The van der Waals surface area contributed by atoms with Crippen LogP contribution in [0.15, 0.2) is 57.4 Å². The number of anilines is 1. The van der Waals surface area contributed by atoms with Crippen molar-refractivity contribution in [2.45, 2.75) is 13.8 Å². The first-order chi connectivity index (χ1) is 12.9. The SMILES string of the molecule is Cc1ccc2oc(C(=O)Nc3c(-c4ccc(Br)cc4)c(C)nn3C)cc2c1. The number of aryl methyl sites for hydroxylation is 3. The molecule has 2 aromatic carbocycles. The molecule has 2 heterocycles. The van der Waals surface area contributed by atoms with Gasteiger partial charge in [0.05, 0.1) is 5.69 Å². The maximum atomic E-state index is 12.8. The smallest absolute Gasteiger partial charge is 0.292 e. The van der Waals surface area contributed by atoms with E-state index in [-0.39, 0.29) is 11.7 Å². The summed E-state index contributed by atoms with van der Waals surface area (Å²) in [5, 5.41) is 8.34. The highest BCUT2D eigenvalue weighted by Gasteiger charge is 2.20. The van der Waals surface area contributed by atoms with Gasteiger partial charge in [-0.05, 0) is 49.7 Å². The Morgan fingerprint density at radius 2 is 1.85 bits per heavy atom. The van der Waals surface area contributed by atoms with Crippen LogP contribution in [0.2, 0.25) is 0 Å². The second-order valence-corrected chi connectivity index (χ2v) is 7.46. The largest absolute Gasteiger partial charge is 0.451 e. The van der Waals surface area contributed by atoms with E-state index >= 15 is 0 Å². The molecule has 0 fully saturated rings. The Morgan fingerprint density at radius 3 is 2.59 bits per heavy atom. The zero-order valence-electron chi connectivity index (χ0n) is 15.2. The summed E-state index contributed by atoms with van der Waals surface area (Å²) in [7, 11) is 1.81. The monoisotopic (exact) mass is 423 g/mol. The van der Waals surface area contributed by atoms with E-state index in [1.807, 2.05) is 63.4 Å². The van der Waals surface area contributed by atoms with E-state index < -0.39 is 0 Å². The van der Waals surface area contributed by atoms with E-state index in [0.29, 0.717) is 11.4 Å². The summed E-state index contributed by atoms with van der Waals surface area (Å²) in [4.78, 5) is 12.8. The predicted molar refractivity (Wildman–Crippen MR) is 110 cm³/mol. The molecule has 136 valence electrons. The molecule has 0 aliphatic rings. The number of hydrogen-bond acceptors (Lipinski definition) is 3. The predicted octanol–water partition coefficient (Wildman–Crippen LogP) is 5.46. The molecule has 5 nitrogen and oxygen atoms in total. The molecule has 0 saturated carbocycles. The molecule has 0 aliphatic heterocycles. The first-order valence-corrected chi connectivity index (χ1v) is 9.33. The molecule has 6 heteroatoms. The summed E-state index contributed by atoms with van der Waals surface area (Å²) in [6.07, 6.45) is 0. The van der Waals surface area contributed by atoms with E-state index in [1.165, 1.54) is 0 Å². The van der Waals surface area contributed by atoms with Gasteiger partial charge in [0.25, 0.3) is 5.91 Å². The van der Waals surface area contributed by atoms with Crippen molar-refractivity contribution in [2.24, 2.45) is 7.05 Å². The van der Waals surface area contributed by atoms with Crippen LogP contribution in [0.25, 0.3) is 22.1 Å². The van der Waals surface area contributed by atoms with Crippen LogP contribution in [-0.2, 0) is 7.05 Å². The Hall–Kier alpha value is -2.86. The van der Waals surface area contributed by atoms with E-state index in [2.05, 4.69) is 26.3 Å². The molecule has 27 heavy (non-hydrogen) atoms. The highest BCUT2D eigenvalue weighted by atomic mass is 79.9. The molecule has 0 radical (unpaired) electrons. The number of halogens is 1. The van der Waals surface area contributed by atoms with Crippen molar-refractivity contribution in [2.75, 3.05) is 5.32 Å². The third-order valence-electron chi connectivity index (χ3n) is 4.48. The summed E-state index contributed by atoms with van der Waals surface area (Å²) >= 11 is 3.45. The number of nitrogens with zero attached hydrogens (tertiary/aromatic N) is 2. The van der Waals surface area contributed by atoms with Crippen LogP contribution in [0.1, 0.15) is 21.8 Å². The van der Waals surface area contributed by atoms with Gasteiger partial charge in [0.2, 0.25) is 0 Å². The summed E-state index contributed by atoms with van der Waals surface area (Å²) in [5.74, 6) is 0.609. The van der Waals surface area contributed by atoms with Crippen molar-refractivity contribution in [1.82, 2.24) is 9.78 Å². The first-order valence-electron chi connectivity index (χ1n) is 8.53. The maximum absolute atomic E-state index is 12.8. The molecule has 1 amide bonds. The lowest BCUT2D eigenvalue weighted by Crippen LogP contribution is -2.14. The Balaban J connectivity index is 1.71. The summed E-state index contributed by atoms with van der Waals surface area (Å²) in [6, 6.07) is 15.5. The Bertz CT molecular complexity index is 1160. The maximum Gasteiger partial charge on any atom is 0.292 e.